The Balaban J connectivity index is 2.68. The number of hydrogen-bond donors (Lipinski definition) is 2. The monoisotopic (exact) mass is 214 g/mol. The molecule has 0 aromatic rings. The molecule has 3 heteroatoms. The zero-order chi connectivity index (χ0) is 11.7. The van der Waals surface area contributed by atoms with Gasteiger partial charge >= 0.3 is 0 Å². The van der Waals surface area contributed by atoms with Crippen LogP contribution in [0.15, 0.2) is 0 Å². The van der Waals surface area contributed by atoms with Gasteiger partial charge in [0.25, 0.3) is 0 Å². The Bertz CT molecular complexity index is 194. The smallest absolute Gasteiger partial charge is 0.0869 e. The zero-order valence-electron chi connectivity index (χ0n) is 10.8. The Labute approximate surface area is 93.9 Å². The minimum absolute atomic E-state index is 0.0926. The average Bonchev–Trinajstić information content (AvgIpc) is 2.06. The molecular weight excluding hydrogens is 188 g/mol. The molecule has 1 unspecified atom stereocenters. The van der Waals surface area contributed by atoms with Crippen molar-refractivity contribution in [2.24, 2.45) is 5.92 Å². The highest BCUT2D eigenvalue weighted by Crippen LogP contribution is 2.17. The molecule has 0 spiro atoms. The van der Waals surface area contributed by atoms with Gasteiger partial charge < -0.3 is 10.4 Å². The second-order valence-corrected chi connectivity index (χ2v) is 6.30. The highest BCUT2D eigenvalue weighted by Gasteiger charge is 2.33. The Morgan fingerprint density at radius 1 is 1.27 bits per heavy atom. The lowest BCUT2D eigenvalue weighted by molar-refractivity contribution is 0.0314. The minimum atomic E-state index is -0.608. The Kier molecular flexibility index (Phi) is 3.80. The lowest BCUT2D eigenvalue weighted by atomic mass is 10.1. The quantitative estimate of drug-likeness (QED) is 0.722. The number of nitrogens with one attached hydrogen (secondary N) is 1. The summed E-state index contributed by atoms with van der Waals surface area (Å²) in [5.74, 6) is 0.648. The fourth-order valence-corrected chi connectivity index (χ4v) is 2.28. The van der Waals surface area contributed by atoms with Crippen molar-refractivity contribution in [1.29, 1.82) is 0 Å². The van der Waals surface area contributed by atoms with Crippen LogP contribution in [-0.4, -0.2) is 47.3 Å². The van der Waals surface area contributed by atoms with Crippen molar-refractivity contribution in [1.82, 2.24) is 10.2 Å². The number of nitrogens with zero attached hydrogens (tertiary/aromatic N) is 1. The van der Waals surface area contributed by atoms with Crippen molar-refractivity contribution in [3.8, 4) is 0 Å². The summed E-state index contributed by atoms with van der Waals surface area (Å²) in [7, 11) is 0. The van der Waals surface area contributed by atoms with Crippen LogP contribution in [0.4, 0.5) is 0 Å². The van der Waals surface area contributed by atoms with Gasteiger partial charge in [-0.2, -0.15) is 0 Å². The summed E-state index contributed by atoms with van der Waals surface area (Å²) in [4.78, 5) is 2.37. The maximum Gasteiger partial charge on any atom is 0.0869 e. The highest BCUT2D eigenvalue weighted by molar-refractivity contribution is 4.93. The molecule has 3 nitrogen and oxygen atoms in total. The first kappa shape index (κ1) is 12.9. The van der Waals surface area contributed by atoms with Gasteiger partial charge in [-0.15, -0.1) is 0 Å². The molecular formula is C12H26N2O. The van der Waals surface area contributed by atoms with Crippen LogP contribution in [-0.2, 0) is 0 Å². The van der Waals surface area contributed by atoms with Gasteiger partial charge in [-0.25, -0.2) is 0 Å². The van der Waals surface area contributed by atoms with Crippen molar-refractivity contribution in [2.75, 3.05) is 26.2 Å². The summed E-state index contributed by atoms with van der Waals surface area (Å²) in [6, 6.07) is 0. The number of rotatable bonds is 2. The van der Waals surface area contributed by atoms with E-state index < -0.39 is 5.60 Å². The van der Waals surface area contributed by atoms with Gasteiger partial charge in [-0.1, -0.05) is 13.8 Å². The predicted octanol–water partition coefficient (Wildman–Crippen LogP) is 1.08. The molecule has 1 heterocycles. The molecule has 0 aromatic carbocycles. The van der Waals surface area contributed by atoms with Gasteiger partial charge in [0, 0.05) is 31.7 Å². The highest BCUT2D eigenvalue weighted by atomic mass is 16.3. The van der Waals surface area contributed by atoms with Gasteiger partial charge in [-0.3, -0.25) is 4.90 Å². The summed E-state index contributed by atoms with van der Waals surface area (Å²) in [5, 5.41) is 13.6. The summed E-state index contributed by atoms with van der Waals surface area (Å²) in [6.07, 6.45) is 0. The van der Waals surface area contributed by atoms with Crippen molar-refractivity contribution in [2.45, 2.75) is 45.8 Å². The van der Waals surface area contributed by atoms with Crippen molar-refractivity contribution in [3.63, 3.8) is 0 Å². The minimum Gasteiger partial charge on any atom is -0.388 e. The van der Waals surface area contributed by atoms with Gasteiger partial charge in [0.15, 0.2) is 0 Å². The number of aliphatic hydroxyl groups is 1. The van der Waals surface area contributed by atoms with Gasteiger partial charge in [0.05, 0.1) is 5.60 Å². The summed E-state index contributed by atoms with van der Waals surface area (Å²) in [6.45, 7) is 14.2. The van der Waals surface area contributed by atoms with Crippen LogP contribution in [0, 0.1) is 5.92 Å². The van der Waals surface area contributed by atoms with E-state index in [-0.39, 0.29) is 5.54 Å². The van der Waals surface area contributed by atoms with Crippen molar-refractivity contribution >= 4 is 0 Å². The molecule has 1 aliphatic heterocycles. The van der Waals surface area contributed by atoms with Gasteiger partial charge in [-0.05, 0) is 26.7 Å². The molecule has 1 fully saturated rings. The van der Waals surface area contributed by atoms with E-state index >= 15 is 0 Å². The third-order valence-corrected chi connectivity index (χ3v) is 2.75. The van der Waals surface area contributed by atoms with Crippen LogP contribution in [0.2, 0.25) is 0 Å². The Hall–Kier alpha value is -0.120. The lowest BCUT2D eigenvalue weighted by Gasteiger charge is -2.31. The van der Waals surface area contributed by atoms with E-state index in [1.54, 1.807) is 0 Å². The lowest BCUT2D eigenvalue weighted by Crippen LogP contribution is -2.47. The van der Waals surface area contributed by atoms with Gasteiger partial charge in [0.2, 0.25) is 0 Å². The van der Waals surface area contributed by atoms with Crippen LogP contribution < -0.4 is 5.32 Å². The zero-order valence-corrected chi connectivity index (χ0v) is 10.8. The maximum atomic E-state index is 10.2. The normalized spacial score (nSPS) is 33.0. The average molecular weight is 214 g/mol. The maximum absolute atomic E-state index is 10.2. The fourth-order valence-electron chi connectivity index (χ4n) is 2.28. The Morgan fingerprint density at radius 2 is 1.87 bits per heavy atom. The standard InChI is InChI=1S/C12H26N2O/c1-10(2)6-14-8-11(3,4)13-7-12(5,15)9-14/h10,13,15H,6-9H2,1-5H3. The third kappa shape index (κ3) is 4.49. The van der Waals surface area contributed by atoms with E-state index in [1.165, 1.54) is 0 Å². The second-order valence-electron chi connectivity index (χ2n) is 6.30. The first-order valence-corrected chi connectivity index (χ1v) is 5.90. The van der Waals surface area contributed by atoms with Gasteiger partial charge in [0.1, 0.15) is 0 Å². The molecule has 1 aliphatic rings. The van der Waals surface area contributed by atoms with Crippen LogP contribution in [0.1, 0.15) is 34.6 Å². The van der Waals surface area contributed by atoms with E-state index in [1.807, 2.05) is 6.92 Å². The topological polar surface area (TPSA) is 35.5 Å². The number of β-amino-alcohol motifs (C(OH)–C–C–N with tert-alkyl or cyclic N) is 1. The molecule has 1 saturated heterocycles. The summed E-state index contributed by atoms with van der Waals surface area (Å²) >= 11 is 0. The molecule has 1 atom stereocenters. The fraction of sp³-hybridized carbons (Fsp3) is 1.00. The first-order chi connectivity index (χ1) is 6.70. The molecule has 0 radical (unpaired) electrons. The molecule has 2 N–H and O–H groups in total. The molecule has 0 aliphatic carbocycles. The predicted molar refractivity (Wildman–Crippen MR) is 64.0 cm³/mol. The van der Waals surface area contributed by atoms with Crippen molar-refractivity contribution in [3.05, 3.63) is 0 Å². The second kappa shape index (κ2) is 4.40. The molecule has 15 heavy (non-hydrogen) atoms. The largest absolute Gasteiger partial charge is 0.388 e. The molecule has 0 aromatic heterocycles. The van der Waals surface area contributed by atoms with E-state index in [0.717, 1.165) is 19.6 Å². The van der Waals surface area contributed by atoms with Crippen LogP contribution in [0.25, 0.3) is 0 Å². The molecule has 0 saturated carbocycles. The van der Waals surface area contributed by atoms with Crippen LogP contribution in [0.5, 0.6) is 0 Å². The first-order valence-electron chi connectivity index (χ1n) is 5.90. The molecule has 1 rings (SSSR count). The summed E-state index contributed by atoms with van der Waals surface area (Å²) < 4.78 is 0. The summed E-state index contributed by atoms with van der Waals surface area (Å²) in [5.41, 5.74) is -0.516. The SMILES string of the molecule is CC(C)CN1CC(C)(O)CNC(C)(C)C1. The Morgan fingerprint density at radius 3 is 2.40 bits per heavy atom. The van der Waals surface area contributed by atoms with E-state index in [2.05, 4.69) is 37.9 Å². The van der Waals surface area contributed by atoms with E-state index in [9.17, 15) is 5.11 Å². The molecule has 0 amide bonds. The molecule has 0 bridgehead atoms. The van der Waals surface area contributed by atoms with Crippen molar-refractivity contribution < 1.29 is 5.11 Å². The third-order valence-electron chi connectivity index (χ3n) is 2.75. The van der Waals surface area contributed by atoms with Crippen LogP contribution >= 0.6 is 0 Å². The van der Waals surface area contributed by atoms with E-state index in [4.69, 9.17) is 0 Å². The van der Waals surface area contributed by atoms with Crippen LogP contribution in [0.3, 0.4) is 0 Å². The number of hydrogen-bond acceptors (Lipinski definition) is 3. The molecule has 90 valence electrons. The van der Waals surface area contributed by atoms with E-state index in [0.29, 0.717) is 12.5 Å².